The topological polar surface area (TPSA) is 46.2 Å². The first-order valence-corrected chi connectivity index (χ1v) is 65.9. The van der Waals surface area contributed by atoms with Crippen LogP contribution < -0.4 is 0 Å². The highest BCUT2D eigenvalue weighted by atomic mass is 31.1. The largest absolute Gasteiger partial charge is 0.380 e. The molecule has 0 aliphatic carbocycles. The number of methoxy groups -OCH3 is 2. The Morgan fingerprint density at radius 1 is 0.288 bits per heavy atom. The summed E-state index contributed by atoms with van der Waals surface area (Å²) in [6, 6.07) is 0. The second kappa shape index (κ2) is 52.8. The van der Waals surface area contributed by atoms with Crippen LogP contribution in [0, 0.1) is 0 Å². The molecule has 104 heavy (non-hydrogen) atoms. The van der Waals surface area contributed by atoms with Gasteiger partial charge in [0.25, 0.3) is 0 Å². The Morgan fingerprint density at radius 3 is 0.837 bits per heavy atom. The van der Waals surface area contributed by atoms with Gasteiger partial charge in [0.05, 0.1) is 37.6 Å². The van der Waals surface area contributed by atoms with Gasteiger partial charge < -0.3 is 23.7 Å². The van der Waals surface area contributed by atoms with Gasteiger partial charge in [-0.3, -0.25) is 0 Å². The van der Waals surface area contributed by atoms with Gasteiger partial charge >= 0.3 is 0 Å². The van der Waals surface area contributed by atoms with Crippen molar-refractivity contribution < 1.29 is 23.7 Å². The molecule has 0 radical (unpaired) electrons. The first-order valence-electron chi connectivity index (χ1n) is 42.3. The normalized spacial score (nSPS) is 41.8. The molecule has 13 rings (SSSR count). The van der Waals surface area contributed by atoms with E-state index in [4.69, 9.17) is 23.7 Å². The van der Waals surface area contributed by atoms with Crippen LogP contribution >= 0.6 is 95.1 Å². The van der Waals surface area contributed by atoms with E-state index in [2.05, 4.69) is 225 Å². The molecule has 13 aliphatic heterocycles. The molecular formula is C87H186O5P12. The molecule has 0 saturated carbocycles. The van der Waals surface area contributed by atoms with Crippen LogP contribution in [0.25, 0.3) is 0 Å². The first kappa shape index (κ1) is 107. The number of ether oxygens (including phenoxy) is 5. The maximum absolute atomic E-state index is 5.92. The summed E-state index contributed by atoms with van der Waals surface area (Å²) in [5.74, 6) is -0.353. The molecule has 0 aromatic heterocycles. The van der Waals surface area contributed by atoms with E-state index < -0.39 is 0 Å². The minimum atomic E-state index is -0.353. The SMILES string of the molecule is C.COC1C(OC)[C@H](C)P(C)[C@H]1C.CP1CCC1(C)C.CP1CCCC1(C)C.CP1CCCCC1(C)C.C[C@H]1CCCCP1C.C[C@H]1CCCP1C.C[C@H]1CCC[C@H](C)P1C.C[C@H]1CCP1C.C[C@H]1CC[C@H](C)P1C.C[C@H]1COC[C@H](C)P1C.C[C@H]1C[C@H](C)P1C.C[C@H]1[C@H]2OC(C)(C)O[C@@H]2[C@H](C)P1C. The van der Waals surface area contributed by atoms with E-state index in [1.807, 2.05) is 13.8 Å². The Balaban J connectivity index is 0.000000570. The average molecular weight is 1680 g/mol. The fourth-order valence-corrected chi connectivity index (χ4v) is 37.7. The van der Waals surface area contributed by atoms with Crippen molar-refractivity contribution in [2.75, 3.05) is 144 Å². The van der Waals surface area contributed by atoms with Crippen LogP contribution in [-0.2, 0) is 23.7 Å². The molecule has 0 amide bonds. The fourth-order valence-electron chi connectivity index (χ4n) is 15.9. The van der Waals surface area contributed by atoms with E-state index in [1.54, 1.807) is 14.2 Å². The van der Waals surface area contributed by atoms with Crippen LogP contribution in [0.5, 0.6) is 0 Å². The number of rotatable bonds is 2. The third-order valence-corrected chi connectivity index (χ3v) is 65.6. The molecule has 0 N–H and O–H groups in total. The quantitative estimate of drug-likeness (QED) is 0.258. The number of hydrogen-bond donors (Lipinski definition) is 0. The minimum Gasteiger partial charge on any atom is -0.380 e. The summed E-state index contributed by atoms with van der Waals surface area (Å²) in [6.07, 6.45) is 37.3. The number of hydrogen-bond acceptors (Lipinski definition) is 5. The summed E-state index contributed by atoms with van der Waals surface area (Å²) < 4.78 is 28.1. The van der Waals surface area contributed by atoms with Gasteiger partial charge in [-0.2, -0.15) is 0 Å². The maximum atomic E-state index is 5.92. The molecule has 13 saturated heterocycles. The van der Waals surface area contributed by atoms with Gasteiger partial charge in [0.1, 0.15) is 0 Å². The summed E-state index contributed by atoms with van der Waals surface area (Å²) in [4.78, 5) is 0. The predicted octanol–water partition coefficient (Wildman–Crippen LogP) is 29.7. The Hall–Kier alpha value is 4.96. The Labute approximate surface area is 671 Å². The van der Waals surface area contributed by atoms with Crippen molar-refractivity contribution in [2.45, 2.75) is 413 Å². The molecule has 0 bridgehead atoms. The Morgan fingerprint density at radius 2 is 0.615 bits per heavy atom. The molecule has 0 aromatic rings. The van der Waals surface area contributed by atoms with Crippen molar-refractivity contribution in [1.82, 2.24) is 0 Å². The molecule has 13 aliphatic rings. The van der Waals surface area contributed by atoms with Crippen molar-refractivity contribution in [3.8, 4) is 0 Å². The molecular weight excluding hydrogens is 1500 g/mol. The third-order valence-electron chi connectivity index (χ3n) is 28.4. The van der Waals surface area contributed by atoms with E-state index in [0.29, 0.717) is 124 Å². The van der Waals surface area contributed by atoms with Gasteiger partial charge in [0, 0.05) is 36.9 Å². The molecule has 8 unspecified atom stereocenters. The molecule has 5 nitrogen and oxygen atoms in total. The maximum Gasteiger partial charge on any atom is 0.163 e. The zero-order chi connectivity index (χ0) is 78.8. The summed E-state index contributed by atoms with van der Waals surface area (Å²) in [7, 11) is 7.89. The van der Waals surface area contributed by atoms with Crippen LogP contribution in [0.4, 0.5) is 0 Å². The van der Waals surface area contributed by atoms with Crippen molar-refractivity contribution >= 4 is 95.1 Å². The zero-order valence-corrected chi connectivity index (χ0v) is 86.5. The molecule has 0 spiro atoms. The molecule has 13 heterocycles. The van der Waals surface area contributed by atoms with Crippen LogP contribution in [0.15, 0.2) is 0 Å². The van der Waals surface area contributed by atoms with Crippen molar-refractivity contribution in [3.05, 3.63) is 0 Å². The lowest BCUT2D eigenvalue weighted by atomic mass is 10.1. The average Bonchev–Trinajstić information content (AvgIpc) is 1.61. The van der Waals surface area contributed by atoms with Crippen LogP contribution in [0.1, 0.15) is 282 Å². The smallest absolute Gasteiger partial charge is 0.163 e. The zero-order valence-electron chi connectivity index (χ0n) is 75.8. The van der Waals surface area contributed by atoms with E-state index in [9.17, 15) is 0 Å². The summed E-state index contributed by atoms with van der Waals surface area (Å²) in [5, 5.41) is 2.16. The standard InChI is InChI=1S/C10H19O2P.C9H19O2P.2C8H17P.C7H15OP.3C7H15P.3C6H13P.C5H11P.CH4/c1-6-8-9(7(2)13(6)5)12-10(3,4)11-8;1-6-8(10-3)9(11-4)7(2)12(6)5;1-8(2)6-4-5-7-9(8)3;1-7-5-4-6-8(2)9(7)3;1-6-4-8-5-7(2)9(6)3;1-7(2)5-4-6-8(7)3;1-6-4-5-7(2)8(6)3;1-7-5-3-4-6-8(7)2;1-6(2)4-5-7(6)3;1-5-4-6(2)7(5)3;1-6-4-3-5-7(6)2;1-5-3-4-6(5)2;/h6-9H,1-5H3;6-9H,1-5H3;4-7H2,1-3H3;7-8H,4-6H2,1-3H3;6-7H,4-5H2,1-3H3;4-6H2,1-3H3;6-7H,4-5H2,1-3H3;7H,3-6H2,1-2H3;4-5H2,1-3H3;5-6H,4H2,1-3H3;6H,3-5H2,1-2H3;5H,3-4H2,1-2H3;1H4/t6-,7-,8+,9+;6-,7-,8?,9?,12?;;7-,8-;6-,7-;;6-,7-;7-,8?;;5-,6-;6-,7?;5-,6?;/m00.00.00.000./s1. The molecule has 17 heteroatoms. The van der Waals surface area contributed by atoms with Gasteiger partial charge in [-0.1, -0.05) is 196 Å². The Kier molecular flexibility index (Phi) is 54.3. The third kappa shape index (κ3) is 36.7. The van der Waals surface area contributed by atoms with Gasteiger partial charge in [-0.05, 0) is 305 Å². The lowest BCUT2D eigenvalue weighted by Crippen LogP contribution is -2.34. The van der Waals surface area contributed by atoms with Crippen LogP contribution in [-0.4, -0.2) is 275 Å². The van der Waals surface area contributed by atoms with Crippen LogP contribution in [0.2, 0.25) is 0 Å². The highest BCUT2D eigenvalue weighted by Crippen LogP contribution is 2.61. The Bertz CT molecular complexity index is 2070. The summed E-state index contributed by atoms with van der Waals surface area (Å²) in [5.41, 5.74) is 14.0. The number of fused-ring (bicyclic) bond motifs is 1. The van der Waals surface area contributed by atoms with Gasteiger partial charge in [-0.25, -0.2) is 0 Å². The van der Waals surface area contributed by atoms with Gasteiger partial charge in [0.15, 0.2) is 5.79 Å². The predicted molar refractivity (Wildman–Crippen MR) is 514 cm³/mol. The minimum absolute atomic E-state index is 0. The highest BCUT2D eigenvalue weighted by Gasteiger charge is 2.54. The van der Waals surface area contributed by atoms with Crippen molar-refractivity contribution in [3.63, 3.8) is 0 Å². The van der Waals surface area contributed by atoms with Gasteiger partial charge in [0.2, 0.25) is 0 Å². The lowest BCUT2D eigenvalue weighted by Gasteiger charge is -2.42. The first-order chi connectivity index (χ1) is 47.7. The monoisotopic (exact) mass is 1680 g/mol. The van der Waals surface area contributed by atoms with E-state index >= 15 is 0 Å². The second-order valence-corrected chi connectivity index (χ2v) is 73.4. The van der Waals surface area contributed by atoms with E-state index in [0.717, 1.165) is 85.8 Å². The molecule has 624 valence electrons. The molecule has 25 atom stereocenters. The molecule has 13 fully saturated rings. The van der Waals surface area contributed by atoms with Crippen LogP contribution in [0.3, 0.4) is 0 Å². The van der Waals surface area contributed by atoms with E-state index in [-0.39, 0.29) is 37.0 Å². The molecule has 0 aromatic carbocycles. The fraction of sp³-hybridized carbons (Fsp3) is 1.00. The summed E-state index contributed by atoms with van der Waals surface area (Å²) >= 11 is 0. The lowest BCUT2D eigenvalue weighted by molar-refractivity contribution is -0.147. The van der Waals surface area contributed by atoms with Crippen molar-refractivity contribution in [2.24, 2.45) is 0 Å². The van der Waals surface area contributed by atoms with E-state index in [1.165, 1.54) is 153 Å². The van der Waals surface area contributed by atoms with Crippen molar-refractivity contribution in [1.29, 1.82) is 0 Å². The van der Waals surface area contributed by atoms with Gasteiger partial charge in [-0.15, -0.1) is 71.3 Å². The summed E-state index contributed by atoms with van der Waals surface area (Å²) in [6.45, 7) is 84.7. The second-order valence-electron chi connectivity index (χ2n) is 37.4. The highest BCUT2D eigenvalue weighted by molar-refractivity contribution is 7.62.